The average Bonchev–Trinajstić information content (AvgIpc) is 2.71. The molecular formula is C14H24O. The third kappa shape index (κ3) is 5.23. The van der Waals surface area contributed by atoms with Crippen molar-refractivity contribution in [3.05, 3.63) is 0 Å². The second-order valence-electron chi connectivity index (χ2n) is 4.64. The molecule has 0 aromatic carbocycles. The van der Waals surface area contributed by atoms with Gasteiger partial charge in [0, 0.05) is 13.0 Å². The van der Waals surface area contributed by atoms with Crippen LogP contribution in [0.3, 0.4) is 0 Å². The van der Waals surface area contributed by atoms with Gasteiger partial charge in [-0.2, -0.15) is 0 Å². The SMILES string of the molecule is C#CCC(CCCCC)CC1CCCO1. The van der Waals surface area contributed by atoms with Gasteiger partial charge >= 0.3 is 0 Å². The lowest BCUT2D eigenvalue weighted by atomic mass is 9.91. The van der Waals surface area contributed by atoms with Gasteiger partial charge in [-0.05, 0) is 31.6 Å². The van der Waals surface area contributed by atoms with E-state index in [1.54, 1.807) is 0 Å². The molecule has 0 N–H and O–H groups in total. The van der Waals surface area contributed by atoms with Gasteiger partial charge in [0.1, 0.15) is 0 Å². The first-order valence-corrected chi connectivity index (χ1v) is 6.41. The van der Waals surface area contributed by atoms with Gasteiger partial charge in [0.2, 0.25) is 0 Å². The molecule has 0 aromatic heterocycles. The van der Waals surface area contributed by atoms with Gasteiger partial charge in [0.05, 0.1) is 6.10 Å². The zero-order valence-electron chi connectivity index (χ0n) is 10.0. The molecule has 1 nitrogen and oxygen atoms in total. The van der Waals surface area contributed by atoms with Crippen molar-refractivity contribution in [1.29, 1.82) is 0 Å². The molecular weight excluding hydrogens is 184 g/mol. The molecule has 1 fully saturated rings. The molecule has 1 aliphatic heterocycles. The van der Waals surface area contributed by atoms with Crippen molar-refractivity contribution in [3.8, 4) is 12.3 Å². The number of terminal acetylenes is 1. The molecule has 0 radical (unpaired) electrons. The van der Waals surface area contributed by atoms with E-state index in [-0.39, 0.29) is 0 Å². The Hall–Kier alpha value is -0.480. The number of hydrogen-bond donors (Lipinski definition) is 0. The monoisotopic (exact) mass is 208 g/mol. The third-order valence-corrected chi connectivity index (χ3v) is 3.24. The molecule has 15 heavy (non-hydrogen) atoms. The number of unbranched alkanes of at least 4 members (excludes halogenated alkanes) is 2. The van der Waals surface area contributed by atoms with Crippen LogP contribution in [-0.4, -0.2) is 12.7 Å². The van der Waals surface area contributed by atoms with E-state index in [1.165, 1.54) is 44.9 Å². The van der Waals surface area contributed by atoms with Gasteiger partial charge in [0.15, 0.2) is 0 Å². The van der Waals surface area contributed by atoms with Crippen molar-refractivity contribution in [2.24, 2.45) is 5.92 Å². The maximum atomic E-state index is 5.67. The van der Waals surface area contributed by atoms with Gasteiger partial charge in [-0.15, -0.1) is 12.3 Å². The lowest BCUT2D eigenvalue weighted by Crippen LogP contribution is -2.12. The van der Waals surface area contributed by atoms with Crippen molar-refractivity contribution in [1.82, 2.24) is 0 Å². The summed E-state index contributed by atoms with van der Waals surface area (Å²) in [6, 6.07) is 0. The predicted octanol–water partition coefficient (Wildman–Crippen LogP) is 3.78. The molecule has 1 saturated heterocycles. The van der Waals surface area contributed by atoms with Crippen molar-refractivity contribution < 1.29 is 4.74 Å². The fourth-order valence-electron chi connectivity index (χ4n) is 2.35. The molecule has 0 aromatic rings. The van der Waals surface area contributed by atoms with Crippen LogP contribution < -0.4 is 0 Å². The van der Waals surface area contributed by atoms with Crippen molar-refractivity contribution in [2.75, 3.05) is 6.61 Å². The lowest BCUT2D eigenvalue weighted by Gasteiger charge is -2.18. The highest BCUT2D eigenvalue weighted by molar-refractivity contribution is 4.88. The van der Waals surface area contributed by atoms with E-state index < -0.39 is 0 Å². The van der Waals surface area contributed by atoms with E-state index in [2.05, 4.69) is 12.8 Å². The minimum atomic E-state index is 0.505. The Morgan fingerprint density at radius 1 is 1.47 bits per heavy atom. The largest absolute Gasteiger partial charge is 0.378 e. The summed E-state index contributed by atoms with van der Waals surface area (Å²) in [6.45, 7) is 3.21. The van der Waals surface area contributed by atoms with Crippen LogP contribution >= 0.6 is 0 Å². The van der Waals surface area contributed by atoms with E-state index >= 15 is 0 Å². The van der Waals surface area contributed by atoms with E-state index in [0.29, 0.717) is 12.0 Å². The first kappa shape index (κ1) is 12.6. The summed E-state index contributed by atoms with van der Waals surface area (Å²) in [7, 11) is 0. The summed E-state index contributed by atoms with van der Waals surface area (Å²) in [6.07, 6.45) is 15.8. The summed E-state index contributed by atoms with van der Waals surface area (Å²) in [5, 5.41) is 0. The van der Waals surface area contributed by atoms with Crippen LogP contribution in [-0.2, 0) is 4.74 Å². The Morgan fingerprint density at radius 3 is 2.93 bits per heavy atom. The molecule has 1 heteroatoms. The second-order valence-corrected chi connectivity index (χ2v) is 4.64. The summed E-state index contributed by atoms with van der Waals surface area (Å²) < 4.78 is 5.67. The van der Waals surface area contributed by atoms with Crippen molar-refractivity contribution in [2.45, 2.75) is 64.4 Å². The zero-order valence-corrected chi connectivity index (χ0v) is 10.0. The molecule has 1 aliphatic rings. The molecule has 0 bridgehead atoms. The van der Waals surface area contributed by atoms with Gasteiger partial charge < -0.3 is 4.74 Å². The van der Waals surface area contributed by atoms with Gasteiger partial charge in [-0.1, -0.05) is 26.2 Å². The van der Waals surface area contributed by atoms with E-state index in [9.17, 15) is 0 Å². The van der Waals surface area contributed by atoms with Crippen LogP contribution in [0.15, 0.2) is 0 Å². The molecule has 0 amide bonds. The first-order chi connectivity index (χ1) is 7.36. The average molecular weight is 208 g/mol. The minimum absolute atomic E-state index is 0.505. The van der Waals surface area contributed by atoms with E-state index in [4.69, 9.17) is 11.2 Å². The topological polar surface area (TPSA) is 9.23 Å². The van der Waals surface area contributed by atoms with E-state index in [1.807, 2.05) is 0 Å². The maximum Gasteiger partial charge on any atom is 0.0579 e. The van der Waals surface area contributed by atoms with Crippen LogP contribution in [0.2, 0.25) is 0 Å². The lowest BCUT2D eigenvalue weighted by molar-refractivity contribution is 0.0884. The summed E-state index contributed by atoms with van der Waals surface area (Å²) in [4.78, 5) is 0. The molecule has 2 atom stereocenters. The van der Waals surface area contributed by atoms with Gasteiger partial charge in [-0.3, -0.25) is 0 Å². The normalized spacial score (nSPS) is 22.5. The maximum absolute atomic E-state index is 5.67. The Labute approximate surface area is 94.6 Å². The highest BCUT2D eigenvalue weighted by Crippen LogP contribution is 2.25. The summed E-state index contributed by atoms with van der Waals surface area (Å²) in [5.74, 6) is 3.51. The Morgan fingerprint density at radius 2 is 2.33 bits per heavy atom. The Bertz CT molecular complexity index is 186. The van der Waals surface area contributed by atoms with E-state index in [0.717, 1.165) is 13.0 Å². The molecule has 2 unspecified atom stereocenters. The molecule has 0 aliphatic carbocycles. The third-order valence-electron chi connectivity index (χ3n) is 3.24. The number of rotatable bonds is 7. The summed E-state index contributed by atoms with van der Waals surface area (Å²) in [5.41, 5.74) is 0. The Kier molecular flexibility index (Phi) is 6.52. The predicted molar refractivity (Wildman–Crippen MR) is 64.7 cm³/mol. The van der Waals surface area contributed by atoms with Gasteiger partial charge in [-0.25, -0.2) is 0 Å². The Balaban J connectivity index is 2.19. The second kappa shape index (κ2) is 7.77. The quantitative estimate of drug-likeness (QED) is 0.457. The number of hydrogen-bond acceptors (Lipinski definition) is 1. The molecule has 1 heterocycles. The zero-order chi connectivity index (χ0) is 10.9. The molecule has 1 rings (SSSR count). The van der Waals surface area contributed by atoms with Crippen molar-refractivity contribution in [3.63, 3.8) is 0 Å². The van der Waals surface area contributed by atoms with Gasteiger partial charge in [0.25, 0.3) is 0 Å². The first-order valence-electron chi connectivity index (χ1n) is 6.41. The fraction of sp³-hybridized carbons (Fsp3) is 0.857. The standard InChI is InChI=1S/C14H24O/c1-3-5-6-9-13(8-4-2)12-14-10-7-11-15-14/h2,13-14H,3,5-12H2,1H3. The fourth-order valence-corrected chi connectivity index (χ4v) is 2.35. The van der Waals surface area contributed by atoms with Crippen LogP contribution in [0.5, 0.6) is 0 Å². The van der Waals surface area contributed by atoms with Crippen LogP contribution in [0.25, 0.3) is 0 Å². The molecule has 86 valence electrons. The minimum Gasteiger partial charge on any atom is -0.378 e. The smallest absolute Gasteiger partial charge is 0.0579 e. The van der Waals surface area contributed by atoms with Crippen LogP contribution in [0.4, 0.5) is 0 Å². The highest BCUT2D eigenvalue weighted by Gasteiger charge is 2.19. The van der Waals surface area contributed by atoms with Crippen molar-refractivity contribution >= 4 is 0 Å². The molecule has 0 spiro atoms. The molecule has 0 saturated carbocycles. The van der Waals surface area contributed by atoms with Crippen LogP contribution in [0.1, 0.15) is 58.3 Å². The van der Waals surface area contributed by atoms with Crippen LogP contribution in [0, 0.1) is 18.3 Å². The highest BCUT2D eigenvalue weighted by atomic mass is 16.5. The number of ether oxygens (including phenoxy) is 1. The summed E-state index contributed by atoms with van der Waals surface area (Å²) >= 11 is 0.